The van der Waals surface area contributed by atoms with Gasteiger partial charge >= 0.3 is 0 Å². The zero-order chi connectivity index (χ0) is 17.5. The van der Waals surface area contributed by atoms with Crippen LogP contribution in [0.2, 0.25) is 0 Å². The molecule has 1 heterocycles. The second-order valence-electron chi connectivity index (χ2n) is 6.10. The van der Waals surface area contributed by atoms with Crippen LogP contribution in [0.15, 0.2) is 66.9 Å². The summed E-state index contributed by atoms with van der Waals surface area (Å²) in [5.74, 6) is -0.530. The van der Waals surface area contributed by atoms with E-state index in [2.05, 4.69) is 41.4 Å². The largest absolute Gasteiger partial charge is 0.370 e. The number of hydrogen-bond acceptors (Lipinski definition) is 3. The standard InChI is InChI=1S/C21H22N2O2/c24-21(22-25)13-10-18-8-11-19(12-9-18)20-7-4-15-23(20)16-14-17-5-2-1-3-6-17/h1-3,5-6,8-14,16,20,25H,4,7,15H2,(H,22,24)/b13-10+,16-14+/t20-/m0/s1. The van der Waals surface area contributed by atoms with Crippen molar-refractivity contribution < 1.29 is 10.0 Å². The Labute approximate surface area is 148 Å². The monoisotopic (exact) mass is 334 g/mol. The minimum atomic E-state index is -0.530. The number of carbonyl (C=O) groups excluding carboxylic acids is 1. The van der Waals surface area contributed by atoms with Crippen LogP contribution >= 0.6 is 0 Å². The highest BCUT2D eigenvalue weighted by Gasteiger charge is 2.23. The Morgan fingerprint density at radius 3 is 2.48 bits per heavy atom. The molecule has 128 valence electrons. The van der Waals surface area contributed by atoms with Gasteiger partial charge in [-0.25, -0.2) is 5.48 Å². The lowest BCUT2D eigenvalue weighted by atomic mass is 10.0. The minimum absolute atomic E-state index is 0.388. The third kappa shape index (κ3) is 4.58. The average molecular weight is 334 g/mol. The number of nitrogens with zero attached hydrogens (tertiary/aromatic N) is 1. The molecule has 0 radical (unpaired) electrons. The maximum atomic E-state index is 11.0. The molecule has 0 aromatic heterocycles. The summed E-state index contributed by atoms with van der Waals surface area (Å²) in [5.41, 5.74) is 4.99. The molecule has 0 unspecified atom stereocenters. The summed E-state index contributed by atoms with van der Waals surface area (Å²) in [6.45, 7) is 1.06. The predicted octanol–water partition coefficient (Wildman–Crippen LogP) is 4.01. The number of hydrogen-bond donors (Lipinski definition) is 2. The molecule has 1 fully saturated rings. The predicted molar refractivity (Wildman–Crippen MR) is 99.6 cm³/mol. The molecule has 2 aromatic rings. The Kier molecular flexibility index (Phi) is 5.65. The van der Waals surface area contributed by atoms with Crippen LogP contribution in [0.4, 0.5) is 0 Å². The summed E-state index contributed by atoms with van der Waals surface area (Å²) in [6.07, 6.45) is 9.65. The van der Waals surface area contributed by atoms with Crippen molar-refractivity contribution in [1.29, 1.82) is 0 Å². The fourth-order valence-corrected chi connectivity index (χ4v) is 3.11. The van der Waals surface area contributed by atoms with Crippen molar-refractivity contribution in [3.63, 3.8) is 0 Å². The topological polar surface area (TPSA) is 52.6 Å². The van der Waals surface area contributed by atoms with Gasteiger partial charge in [-0.05, 0) is 41.7 Å². The second-order valence-corrected chi connectivity index (χ2v) is 6.10. The Bertz CT molecular complexity index is 751. The van der Waals surface area contributed by atoms with E-state index in [-0.39, 0.29) is 0 Å². The first-order chi connectivity index (χ1) is 12.3. The van der Waals surface area contributed by atoms with Crippen LogP contribution in [0.3, 0.4) is 0 Å². The first-order valence-corrected chi connectivity index (χ1v) is 8.47. The molecular weight excluding hydrogens is 312 g/mol. The van der Waals surface area contributed by atoms with Crippen LogP contribution in [0.5, 0.6) is 0 Å². The first kappa shape index (κ1) is 17.0. The summed E-state index contributed by atoms with van der Waals surface area (Å²) in [4.78, 5) is 13.4. The van der Waals surface area contributed by atoms with E-state index in [4.69, 9.17) is 5.21 Å². The van der Waals surface area contributed by atoms with E-state index in [0.717, 1.165) is 18.5 Å². The zero-order valence-electron chi connectivity index (χ0n) is 14.0. The lowest BCUT2D eigenvalue weighted by Crippen LogP contribution is -2.16. The first-order valence-electron chi connectivity index (χ1n) is 8.47. The molecule has 0 spiro atoms. The third-order valence-electron chi connectivity index (χ3n) is 4.41. The van der Waals surface area contributed by atoms with Gasteiger partial charge in [0.05, 0.1) is 6.04 Å². The van der Waals surface area contributed by atoms with Crippen molar-refractivity contribution >= 4 is 18.1 Å². The smallest absolute Gasteiger partial charge is 0.267 e. The summed E-state index contributed by atoms with van der Waals surface area (Å²) >= 11 is 0. The normalized spacial score (nSPS) is 17.5. The van der Waals surface area contributed by atoms with Crippen molar-refractivity contribution in [2.24, 2.45) is 0 Å². The van der Waals surface area contributed by atoms with Gasteiger partial charge in [-0.3, -0.25) is 10.0 Å². The lowest BCUT2D eigenvalue weighted by Gasteiger charge is -2.23. The number of likely N-dealkylation sites (tertiary alicyclic amines) is 1. The van der Waals surface area contributed by atoms with Crippen LogP contribution in [-0.2, 0) is 4.79 Å². The molecule has 1 amide bonds. The number of hydroxylamine groups is 1. The molecule has 3 rings (SSSR count). The second kappa shape index (κ2) is 8.31. The van der Waals surface area contributed by atoms with Crippen molar-refractivity contribution in [2.45, 2.75) is 18.9 Å². The summed E-state index contributed by atoms with van der Waals surface area (Å²) in [7, 11) is 0. The van der Waals surface area contributed by atoms with E-state index in [1.807, 2.05) is 30.3 Å². The molecule has 1 aliphatic heterocycles. The highest BCUT2D eigenvalue weighted by molar-refractivity contribution is 5.90. The number of rotatable bonds is 5. The van der Waals surface area contributed by atoms with Gasteiger partial charge in [0.2, 0.25) is 0 Å². The lowest BCUT2D eigenvalue weighted by molar-refractivity contribution is -0.124. The summed E-state index contributed by atoms with van der Waals surface area (Å²) < 4.78 is 0. The summed E-state index contributed by atoms with van der Waals surface area (Å²) in [5, 5.41) is 8.50. The van der Waals surface area contributed by atoms with Gasteiger partial charge in [-0.2, -0.15) is 0 Å². The maximum Gasteiger partial charge on any atom is 0.267 e. The molecule has 2 aromatic carbocycles. The van der Waals surface area contributed by atoms with Gasteiger partial charge < -0.3 is 4.90 Å². The third-order valence-corrected chi connectivity index (χ3v) is 4.41. The molecule has 0 saturated carbocycles. The van der Waals surface area contributed by atoms with Gasteiger partial charge in [-0.15, -0.1) is 0 Å². The number of benzene rings is 2. The van der Waals surface area contributed by atoms with Crippen molar-refractivity contribution in [2.75, 3.05) is 6.54 Å². The van der Waals surface area contributed by atoms with Crippen molar-refractivity contribution in [3.05, 3.63) is 83.6 Å². The van der Waals surface area contributed by atoms with E-state index in [0.29, 0.717) is 6.04 Å². The maximum absolute atomic E-state index is 11.0. The van der Waals surface area contributed by atoms with Gasteiger partial charge in [-0.1, -0.05) is 54.6 Å². The minimum Gasteiger partial charge on any atom is -0.370 e. The van der Waals surface area contributed by atoms with E-state index >= 15 is 0 Å². The fraction of sp³-hybridized carbons (Fsp3) is 0.190. The number of amides is 1. The van der Waals surface area contributed by atoms with Crippen LogP contribution in [0.25, 0.3) is 12.2 Å². The molecule has 1 saturated heterocycles. The Hall–Kier alpha value is -2.85. The zero-order valence-corrected chi connectivity index (χ0v) is 14.0. The van der Waals surface area contributed by atoms with E-state index in [1.54, 1.807) is 11.6 Å². The molecule has 1 aliphatic rings. The molecule has 2 N–H and O–H groups in total. The molecular formula is C21H22N2O2. The van der Waals surface area contributed by atoms with Gasteiger partial charge in [0.1, 0.15) is 0 Å². The average Bonchev–Trinajstić information content (AvgIpc) is 3.14. The summed E-state index contributed by atoms with van der Waals surface area (Å²) in [6, 6.07) is 18.9. The molecule has 25 heavy (non-hydrogen) atoms. The molecule has 4 heteroatoms. The molecule has 4 nitrogen and oxygen atoms in total. The molecule has 1 atom stereocenters. The SMILES string of the molecule is O=C(/C=C/c1ccc([C@@H]2CCCN2/C=C/c2ccccc2)cc1)NO. The molecule has 0 aliphatic carbocycles. The van der Waals surface area contributed by atoms with Crippen LogP contribution < -0.4 is 5.48 Å². The highest BCUT2D eigenvalue weighted by atomic mass is 16.5. The number of nitrogens with one attached hydrogen (secondary N) is 1. The Morgan fingerprint density at radius 2 is 1.76 bits per heavy atom. The van der Waals surface area contributed by atoms with Gasteiger partial charge in [0.15, 0.2) is 0 Å². The number of carbonyl (C=O) groups is 1. The van der Waals surface area contributed by atoms with Crippen molar-refractivity contribution in [1.82, 2.24) is 10.4 Å². The Balaban J connectivity index is 1.69. The van der Waals surface area contributed by atoms with E-state index in [9.17, 15) is 4.79 Å². The van der Waals surface area contributed by atoms with E-state index < -0.39 is 5.91 Å². The van der Waals surface area contributed by atoms with Gasteiger partial charge in [0, 0.05) is 18.8 Å². The Morgan fingerprint density at radius 1 is 1.04 bits per heavy atom. The van der Waals surface area contributed by atoms with Crippen LogP contribution in [0.1, 0.15) is 35.6 Å². The van der Waals surface area contributed by atoms with Crippen molar-refractivity contribution in [3.8, 4) is 0 Å². The molecule has 0 bridgehead atoms. The van der Waals surface area contributed by atoms with Crippen LogP contribution in [0, 0.1) is 0 Å². The fourth-order valence-electron chi connectivity index (χ4n) is 3.11. The quantitative estimate of drug-likeness (QED) is 0.493. The highest BCUT2D eigenvalue weighted by Crippen LogP contribution is 2.32. The van der Waals surface area contributed by atoms with E-state index in [1.165, 1.54) is 23.6 Å². The van der Waals surface area contributed by atoms with Gasteiger partial charge in [0.25, 0.3) is 5.91 Å². The van der Waals surface area contributed by atoms with Crippen LogP contribution in [-0.4, -0.2) is 22.6 Å².